The molecule has 1 amide bonds. The summed E-state index contributed by atoms with van der Waals surface area (Å²) in [7, 11) is -1.89. The first-order chi connectivity index (χ1) is 9.47. The fourth-order valence-electron chi connectivity index (χ4n) is 2.28. The maximum Gasteiger partial charge on any atom is 0.267 e. The first kappa shape index (κ1) is 12.9. The van der Waals surface area contributed by atoms with E-state index in [-0.39, 0.29) is 12.3 Å². The molecular formula is C13H13N3O3S. The SMILES string of the molecule is Cn1cc(CN2C(=O)c3ccccc3CS2(=O)=O)cn1. The van der Waals surface area contributed by atoms with E-state index in [2.05, 4.69) is 5.10 Å². The molecule has 2 heterocycles. The summed E-state index contributed by atoms with van der Waals surface area (Å²) in [5.74, 6) is -0.620. The first-order valence-corrected chi connectivity index (χ1v) is 7.68. The molecule has 0 N–H and O–H groups in total. The summed E-state index contributed by atoms with van der Waals surface area (Å²) in [6, 6.07) is 6.80. The third-order valence-corrected chi connectivity index (χ3v) is 4.87. The molecule has 1 aliphatic rings. The van der Waals surface area contributed by atoms with Gasteiger partial charge >= 0.3 is 0 Å². The third kappa shape index (κ3) is 2.09. The number of aromatic nitrogens is 2. The van der Waals surface area contributed by atoms with Crippen LogP contribution in [-0.4, -0.2) is 28.4 Å². The maximum absolute atomic E-state index is 12.4. The minimum absolute atomic E-state index is 0.0172. The molecule has 2 aromatic rings. The van der Waals surface area contributed by atoms with Gasteiger partial charge < -0.3 is 0 Å². The maximum atomic E-state index is 12.4. The van der Waals surface area contributed by atoms with Gasteiger partial charge in [-0.15, -0.1) is 0 Å². The Hall–Kier alpha value is -2.15. The molecule has 0 unspecified atom stereocenters. The molecule has 0 aliphatic carbocycles. The predicted octanol–water partition coefficient (Wildman–Crippen LogP) is 0.906. The fourth-order valence-corrected chi connectivity index (χ4v) is 3.78. The van der Waals surface area contributed by atoms with Crippen LogP contribution in [0.4, 0.5) is 0 Å². The molecule has 20 heavy (non-hydrogen) atoms. The van der Waals surface area contributed by atoms with Crippen LogP contribution < -0.4 is 0 Å². The summed E-state index contributed by atoms with van der Waals surface area (Å²) in [6.45, 7) is 0.0172. The summed E-state index contributed by atoms with van der Waals surface area (Å²) in [5, 5.41) is 3.98. The second kappa shape index (κ2) is 4.45. The molecule has 1 aromatic carbocycles. The topological polar surface area (TPSA) is 72.3 Å². The second-order valence-corrected chi connectivity index (χ2v) is 6.64. The average molecular weight is 291 g/mol. The van der Waals surface area contributed by atoms with E-state index in [0.29, 0.717) is 16.7 Å². The minimum atomic E-state index is -3.63. The molecule has 0 fully saturated rings. The van der Waals surface area contributed by atoms with E-state index >= 15 is 0 Å². The van der Waals surface area contributed by atoms with Crippen LogP contribution in [-0.2, 0) is 29.4 Å². The monoisotopic (exact) mass is 291 g/mol. The summed E-state index contributed by atoms with van der Waals surface area (Å²) < 4.78 is 27.0. The van der Waals surface area contributed by atoms with Crippen molar-refractivity contribution in [3.05, 3.63) is 53.3 Å². The van der Waals surface area contributed by atoms with Crippen LogP contribution in [0.25, 0.3) is 0 Å². The number of amides is 1. The van der Waals surface area contributed by atoms with Gasteiger partial charge in [0.25, 0.3) is 5.91 Å². The van der Waals surface area contributed by atoms with Gasteiger partial charge in [-0.1, -0.05) is 18.2 Å². The van der Waals surface area contributed by atoms with Gasteiger partial charge in [0, 0.05) is 24.4 Å². The van der Waals surface area contributed by atoms with Gasteiger partial charge in [-0.05, 0) is 11.6 Å². The minimum Gasteiger partial charge on any atom is -0.275 e. The fraction of sp³-hybridized carbons (Fsp3) is 0.231. The van der Waals surface area contributed by atoms with Gasteiger partial charge in [0.1, 0.15) is 0 Å². The normalized spacial score (nSPS) is 17.1. The van der Waals surface area contributed by atoms with Crippen LogP contribution in [0.3, 0.4) is 0 Å². The molecule has 7 heteroatoms. The molecule has 0 saturated heterocycles. The molecule has 6 nitrogen and oxygen atoms in total. The largest absolute Gasteiger partial charge is 0.275 e. The van der Waals surface area contributed by atoms with Crippen LogP contribution in [0.1, 0.15) is 21.5 Å². The third-order valence-electron chi connectivity index (χ3n) is 3.23. The van der Waals surface area contributed by atoms with E-state index in [4.69, 9.17) is 0 Å². The van der Waals surface area contributed by atoms with Crippen LogP contribution >= 0.6 is 0 Å². The highest BCUT2D eigenvalue weighted by Gasteiger charge is 2.35. The number of carbonyl (C=O) groups excluding carboxylic acids is 1. The number of carbonyl (C=O) groups is 1. The van der Waals surface area contributed by atoms with Crippen molar-refractivity contribution in [2.45, 2.75) is 12.3 Å². The number of nitrogens with zero attached hydrogens (tertiary/aromatic N) is 3. The second-order valence-electron chi connectivity index (χ2n) is 4.75. The number of benzene rings is 1. The Balaban J connectivity index is 2.00. The van der Waals surface area contributed by atoms with E-state index in [1.807, 2.05) is 0 Å². The van der Waals surface area contributed by atoms with E-state index in [1.54, 1.807) is 48.4 Å². The Labute approximate surface area is 116 Å². The lowest BCUT2D eigenvalue weighted by atomic mass is 10.1. The number of sulfonamides is 1. The number of fused-ring (bicyclic) bond motifs is 1. The molecule has 0 spiro atoms. The molecule has 1 aliphatic heterocycles. The molecule has 0 saturated carbocycles. The van der Waals surface area contributed by atoms with Crippen molar-refractivity contribution in [1.29, 1.82) is 0 Å². The van der Waals surface area contributed by atoms with Crippen molar-refractivity contribution in [3.63, 3.8) is 0 Å². The molecule has 104 valence electrons. The highest BCUT2D eigenvalue weighted by molar-refractivity contribution is 7.89. The lowest BCUT2D eigenvalue weighted by molar-refractivity contribution is 0.0849. The van der Waals surface area contributed by atoms with Crippen LogP contribution in [0, 0.1) is 0 Å². The number of aryl methyl sites for hydroxylation is 1. The van der Waals surface area contributed by atoms with Crippen molar-refractivity contribution < 1.29 is 13.2 Å². The van der Waals surface area contributed by atoms with Gasteiger partial charge in [0.15, 0.2) is 0 Å². The molecular weight excluding hydrogens is 278 g/mol. The highest BCUT2D eigenvalue weighted by atomic mass is 32.2. The predicted molar refractivity (Wildman–Crippen MR) is 72.1 cm³/mol. The molecule has 0 atom stereocenters. The Morgan fingerprint density at radius 2 is 2.05 bits per heavy atom. The van der Waals surface area contributed by atoms with E-state index < -0.39 is 15.9 Å². The molecule has 0 radical (unpaired) electrons. The molecule has 3 rings (SSSR count). The Morgan fingerprint density at radius 1 is 1.30 bits per heavy atom. The van der Waals surface area contributed by atoms with Crippen molar-refractivity contribution >= 4 is 15.9 Å². The van der Waals surface area contributed by atoms with Gasteiger partial charge in [0.05, 0.1) is 18.5 Å². The van der Waals surface area contributed by atoms with E-state index in [1.165, 1.54) is 0 Å². The zero-order chi connectivity index (χ0) is 14.3. The molecule has 0 bridgehead atoms. The Morgan fingerprint density at radius 3 is 2.75 bits per heavy atom. The van der Waals surface area contributed by atoms with Crippen molar-refractivity contribution in [2.75, 3.05) is 0 Å². The zero-order valence-electron chi connectivity index (χ0n) is 10.9. The van der Waals surface area contributed by atoms with Gasteiger partial charge in [-0.25, -0.2) is 12.7 Å². The highest BCUT2D eigenvalue weighted by Crippen LogP contribution is 2.25. The number of rotatable bonds is 2. The standard InChI is InChI=1S/C13H13N3O3S/c1-15-7-10(6-14-15)8-16-13(17)12-5-3-2-4-11(12)9-20(16,18)19/h2-7H,8-9H2,1H3. The number of hydrogen-bond donors (Lipinski definition) is 0. The van der Waals surface area contributed by atoms with Crippen molar-refractivity contribution in [2.24, 2.45) is 7.05 Å². The molecule has 1 aromatic heterocycles. The van der Waals surface area contributed by atoms with Crippen LogP contribution in [0.2, 0.25) is 0 Å². The lowest BCUT2D eigenvalue weighted by Gasteiger charge is -2.27. The average Bonchev–Trinajstić information content (AvgIpc) is 2.80. The lowest BCUT2D eigenvalue weighted by Crippen LogP contribution is -2.41. The van der Waals surface area contributed by atoms with Crippen molar-refractivity contribution in [3.8, 4) is 0 Å². The van der Waals surface area contributed by atoms with Gasteiger partial charge in [-0.3, -0.25) is 9.48 Å². The number of hydrogen-bond acceptors (Lipinski definition) is 4. The Bertz CT molecular complexity index is 780. The van der Waals surface area contributed by atoms with Gasteiger partial charge in [-0.2, -0.15) is 5.10 Å². The quantitative estimate of drug-likeness (QED) is 0.824. The van der Waals surface area contributed by atoms with Gasteiger partial charge in [0.2, 0.25) is 10.0 Å². The van der Waals surface area contributed by atoms with Crippen molar-refractivity contribution in [1.82, 2.24) is 14.1 Å². The first-order valence-electron chi connectivity index (χ1n) is 6.07. The summed E-state index contributed by atoms with van der Waals surface area (Å²) in [6.07, 6.45) is 3.26. The smallest absolute Gasteiger partial charge is 0.267 e. The summed E-state index contributed by atoms with van der Waals surface area (Å²) in [5.41, 5.74) is 1.69. The van der Waals surface area contributed by atoms with Crippen LogP contribution in [0.5, 0.6) is 0 Å². The van der Waals surface area contributed by atoms with E-state index in [9.17, 15) is 13.2 Å². The van der Waals surface area contributed by atoms with Crippen LogP contribution in [0.15, 0.2) is 36.7 Å². The van der Waals surface area contributed by atoms with E-state index in [0.717, 1.165) is 4.31 Å². The summed E-state index contributed by atoms with van der Waals surface area (Å²) in [4.78, 5) is 12.4. The Kier molecular flexibility index (Phi) is 2.86. The zero-order valence-corrected chi connectivity index (χ0v) is 11.7. The summed E-state index contributed by atoms with van der Waals surface area (Å²) >= 11 is 0.